The molecule has 3 rings (SSSR count). The minimum Gasteiger partial charge on any atom is -0.750 e. The lowest BCUT2D eigenvalue weighted by atomic mass is 9.83. The third-order valence-corrected chi connectivity index (χ3v) is 9.89. The number of benzene rings is 3. The molecule has 0 aliphatic heterocycles. The second kappa shape index (κ2) is 16.9. The Bertz CT molecular complexity index is 1230. The molecule has 3 aromatic carbocycles. The van der Waals surface area contributed by atoms with E-state index in [1.54, 1.807) is 20.8 Å². The Hall–Kier alpha value is -1.26. The molecule has 236 valence electrons. The Morgan fingerprint density at radius 3 is 0.837 bits per heavy atom. The highest BCUT2D eigenvalue weighted by Gasteiger charge is 2.23. The van der Waals surface area contributed by atoms with Crippen LogP contribution in [0.5, 0.6) is 0 Å². The summed E-state index contributed by atoms with van der Waals surface area (Å²) in [7, 11) is 0. The van der Waals surface area contributed by atoms with Gasteiger partial charge < -0.3 is 13.7 Å². The summed E-state index contributed by atoms with van der Waals surface area (Å²) in [6, 6.07) is 22.6. The van der Waals surface area contributed by atoms with Crippen molar-refractivity contribution in [1.29, 1.82) is 0 Å². The van der Waals surface area contributed by atoms with Gasteiger partial charge in [-0.3, -0.25) is 12.5 Å². The molecule has 0 heterocycles. The van der Waals surface area contributed by atoms with E-state index in [2.05, 4.69) is 0 Å². The van der Waals surface area contributed by atoms with Crippen LogP contribution < -0.4 is 0 Å². The van der Waals surface area contributed by atoms with E-state index in [1.165, 1.54) is 0 Å². The molecule has 0 N–H and O–H groups in total. The van der Waals surface area contributed by atoms with E-state index in [0.29, 0.717) is 0 Å². The minimum absolute atomic E-state index is 0.260. The first-order valence-electron chi connectivity index (χ1n) is 12.8. The topological polar surface area (TPSA) is 148 Å². The number of hydrogen-bond donors (Lipinski definition) is 0. The van der Waals surface area contributed by atoms with Gasteiger partial charge in [-0.05, 0) is 33.4 Å². The zero-order chi connectivity index (χ0) is 31.8. The number of hydrogen-bond acceptors (Lipinski definition) is 9. The molecule has 3 aromatic rings. The van der Waals surface area contributed by atoms with Gasteiger partial charge in [0.25, 0.3) is 0 Å². The van der Waals surface area contributed by atoms with Crippen LogP contribution in [0.4, 0.5) is 0 Å². The van der Waals surface area contributed by atoms with E-state index >= 15 is 0 Å². The fourth-order valence-electron chi connectivity index (χ4n) is 4.48. The van der Waals surface area contributed by atoms with Crippen molar-refractivity contribution in [3.63, 3.8) is 0 Å². The third-order valence-electron chi connectivity index (χ3n) is 7.08. The molecule has 0 amide bonds. The molecular formula is C28H28Cl3O9S3-3. The Kier molecular flexibility index (Phi) is 14.2. The molecule has 0 aromatic heterocycles. The van der Waals surface area contributed by atoms with Gasteiger partial charge in [0, 0.05) is 23.7 Å². The highest BCUT2D eigenvalue weighted by atomic mass is 35.5. The summed E-state index contributed by atoms with van der Waals surface area (Å²) in [5.74, 6) is -1.52. The standard InChI is InChI=1S/C28H31Cl3O9S3/c1-16(26(29)38-41(32)33)19-4-10-22(11-5-19)25(23-12-6-20(7-13-23)17(2)27(30)39-42(34)35)24-14-8-21(9-15-24)18(3)28(31)40-43(36)37/h4-18,25-28H,1-3H3,(H,32,33)(H,34,35)(H,36,37)/p-3. The first-order chi connectivity index (χ1) is 20.3. The summed E-state index contributed by atoms with van der Waals surface area (Å²) in [4.78, 5) is 0. The normalized spacial score (nSPS) is 18.9. The Morgan fingerprint density at radius 2 is 0.651 bits per heavy atom. The molecule has 15 heteroatoms. The second-order valence-corrected chi connectivity index (χ2v) is 12.8. The summed E-state index contributed by atoms with van der Waals surface area (Å²) in [5.41, 5.74) is 1.83. The molecule has 0 spiro atoms. The van der Waals surface area contributed by atoms with Gasteiger partial charge in [0.2, 0.25) is 0 Å². The fraction of sp³-hybridized carbons (Fsp3) is 0.357. The second-order valence-electron chi connectivity index (χ2n) is 9.75. The molecule has 0 fully saturated rings. The van der Waals surface area contributed by atoms with Crippen LogP contribution in [-0.2, 0) is 46.6 Å². The lowest BCUT2D eigenvalue weighted by molar-refractivity contribution is 0.248. The Labute approximate surface area is 273 Å². The molecule has 0 radical (unpaired) electrons. The van der Waals surface area contributed by atoms with E-state index in [0.717, 1.165) is 33.4 Å². The van der Waals surface area contributed by atoms with E-state index in [1.807, 2.05) is 72.8 Å². The summed E-state index contributed by atoms with van der Waals surface area (Å²) >= 11 is 10.1. The van der Waals surface area contributed by atoms with E-state index in [9.17, 15) is 26.3 Å². The van der Waals surface area contributed by atoms with Crippen LogP contribution in [0, 0.1) is 0 Å². The van der Waals surface area contributed by atoms with Gasteiger partial charge >= 0.3 is 0 Å². The van der Waals surface area contributed by atoms with Gasteiger partial charge in [-0.25, -0.2) is 12.6 Å². The zero-order valence-corrected chi connectivity index (χ0v) is 27.7. The largest absolute Gasteiger partial charge is 0.750 e. The number of halogens is 3. The lowest BCUT2D eigenvalue weighted by Crippen LogP contribution is -2.16. The molecule has 9 unspecified atom stereocenters. The van der Waals surface area contributed by atoms with Crippen molar-refractivity contribution in [3.8, 4) is 0 Å². The fourth-order valence-corrected chi connectivity index (χ4v) is 6.40. The summed E-state index contributed by atoms with van der Waals surface area (Å²) in [5, 5.41) is 0. The molecule has 43 heavy (non-hydrogen) atoms. The quantitative estimate of drug-likeness (QED) is 0.101. The first kappa shape index (κ1) is 36.2. The summed E-state index contributed by atoms with van der Waals surface area (Å²) < 4.78 is 79.6. The smallest absolute Gasteiger partial charge is 0.153 e. The molecule has 0 aliphatic carbocycles. The maximum Gasteiger partial charge on any atom is 0.153 e. The van der Waals surface area contributed by atoms with Crippen LogP contribution in [0.1, 0.15) is 77.8 Å². The molecule has 9 atom stereocenters. The SMILES string of the molecule is CC(c1ccc(C(c2ccc(C(C)C(Cl)OS(=O)[O-])cc2)c2ccc(C(C)C(Cl)OS(=O)[O-])cc2)cc1)C(Cl)OS(=O)[O-]. The van der Waals surface area contributed by atoms with Gasteiger partial charge in [-0.15, -0.1) is 0 Å². The van der Waals surface area contributed by atoms with Crippen molar-refractivity contribution in [2.75, 3.05) is 0 Å². The van der Waals surface area contributed by atoms with Crippen molar-refractivity contribution in [1.82, 2.24) is 0 Å². The van der Waals surface area contributed by atoms with Gasteiger partial charge in [-0.2, -0.15) is 0 Å². The molecule has 0 bridgehead atoms. The van der Waals surface area contributed by atoms with Crippen LogP contribution in [-0.4, -0.2) is 43.0 Å². The third kappa shape index (κ3) is 10.4. The molecule has 0 saturated carbocycles. The molecule has 0 aliphatic rings. The van der Waals surface area contributed by atoms with E-state index in [-0.39, 0.29) is 5.92 Å². The Balaban J connectivity index is 1.97. The highest BCUT2D eigenvalue weighted by molar-refractivity contribution is 7.74. The first-order valence-corrected chi connectivity index (χ1v) is 17.1. The van der Waals surface area contributed by atoms with Crippen LogP contribution >= 0.6 is 34.8 Å². The maximum atomic E-state index is 10.9. The van der Waals surface area contributed by atoms with Gasteiger partial charge in [0.05, 0.1) is 34.1 Å². The van der Waals surface area contributed by atoms with Crippen molar-refractivity contribution < 1.29 is 38.8 Å². The predicted molar refractivity (Wildman–Crippen MR) is 164 cm³/mol. The van der Waals surface area contributed by atoms with E-state index in [4.69, 9.17) is 47.4 Å². The van der Waals surface area contributed by atoms with Crippen LogP contribution in [0.15, 0.2) is 72.8 Å². The zero-order valence-electron chi connectivity index (χ0n) is 23.0. The lowest BCUT2D eigenvalue weighted by Gasteiger charge is -2.24. The summed E-state index contributed by atoms with van der Waals surface area (Å²) in [6.07, 6.45) is 0. The van der Waals surface area contributed by atoms with Crippen molar-refractivity contribution in [2.24, 2.45) is 0 Å². The van der Waals surface area contributed by atoms with Crippen LogP contribution in [0.3, 0.4) is 0 Å². The van der Waals surface area contributed by atoms with E-state index < -0.39 is 68.5 Å². The van der Waals surface area contributed by atoms with Crippen LogP contribution in [0.25, 0.3) is 0 Å². The van der Waals surface area contributed by atoms with Gasteiger partial charge in [-0.1, -0.05) is 128 Å². The van der Waals surface area contributed by atoms with Crippen molar-refractivity contribution >= 4 is 68.9 Å². The van der Waals surface area contributed by atoms with Gasteiger partial charge in [0.15, 0.2) is 16.7 Å². The molecular weight excluding hydrogens is 683 g/mol. The maximum absolute atomic E-state index is 10.9. The van der Waals surface area contributed by atoms with Crippen molar-refractivity contribution in [2.45, 2.75) is 61.1 Å². The highest BCUT2D eigenvalue weighted by Crippen LogP contribution is 2.36. The molecule has 9 nitrogen and oxygen atoms in total. The minimum atomic E-state index is -2.75. The van der Waals surface area contributed by atoms with Crippen molar-refractivity contribution in [3.05, 3.63) is 106 Å². The number of alkyl halides is 3. The number of rotatable bonds is 15. The van der Waals surface area contributed by atoms with Gasteiger partial charge in [0.1, 0.15) is 0 Å². The monoisotopic (exact) mass is 709 g/mol. The average molecular weight is 711 g/mol. The predicted octanol–water partition coefficient (Wildman–Crippen LogP) is 6.30. The Morgan fingerprint density at radius 1 is 0.465 bits per heavy atom. The molecule has 0 saturated heterocycles. The summed E-state index contributed by atoms with van der Waals surface area (Å²) in [6.45, 7) is 5.26. The van der Waals surface area contributed by atoms with Crippen LogP contribution in [0.2, 0.25) is 0 Å². The average Bonchev–Trinajstić information content (AvgIpc) is 2.96.